The van der Waals surface area contributed by atoms with Crippen LogP contribution in [-0.2, 0) is 9.05 Å². The van der Waals surface area contributed by atoms with Crippen molar-refractivity contribution in [2.45, 2.75) is 4.90 Å². The monoisotopic (exact) mass is 231 g/mol. The Balaban J connectivity index is 3.47. The predicted octanol–water partition coefficient (Wildman–Crippen LogP) is 1.49. The number of ether oxygens (including phenoxy) is 1. The highest BCUT2D eigenvalue weighted by molar-refractivity contribution is 8.13. The lowest BCUT2D eigenvalue weighted by molar-refractivity contribution is 0.413. The third-order valence-electron chi connectivity index (χ3n) is 1.57. The molecule has 0 saturated carbocycles. The van der Waals surface area contributed by atoms with E-state index in [4.69, 9.17) is 20.7 Å². The molecule has 0 N–H and O–H groups in total. The molecule has 0 saturated heterocycles. The molecule has 0 amide bonds. The Morgan fingerprint density at radius 2 is 2.14 bits per heavy atom. The second kappa shape index (κ2) is 3.86. The number of rotatable bonds is 2. The normalized spacial score (nSPS) is 10.6. The predicted molar refractivity (Wildman–Crippen MR) is 50.7 cm³/mol. The zero-order chi connectivity index (χ0) is 10.8. The second-order valence-corrected chi connectivity index (χ2v) is 4.95. The van der Waals surface area contributed by atoms with Crippen LogP contribution in [0.5, 0.6) is 5.75 Å². The average molecular weight is 232 g/mol. The van der Waals surface area contributed by atoms with Gasteiger partial charge in [0.2, 0.25) is 0 Å². The Hall–Kier alpha value is -1.25. The minimum Gasteiger partial charge on any atom is -0.497 e. The minimum absolute atomic E-state index is 0.000741. The zero-order valence-electron chi connectivity index (χ0n) is 7.19. The molecular formula is C8H6ClNO3S. The number of nitriles is 1. The molecule has 74 valence electrons. The van der Waals surface area contributed by atoms with Crippen molar-refractivity contribution >= 4 is 19.7 Å². The number of benzene rings is 1. The molecule has 4 nitrogen and oxygen atoms in total. The van der Waals surface area contributed by atoms with E-state index in [9.17, 15) is 8.42 Å². The van der Waals surface area contributed by atoms with Crippen molar-refractivity contribution < 1.29 is 13.2 Å². The van der Waals surface area contributed by atoms with Gasteiger partial charge in [-0.3, -0.25) is 0 Å². The van der Waals surface area contributed by atoms with Gasteiger partial charge in [-0.25, -0.2) is 8.42 Å². The van der Waals surface area contributed by atoms with Crippen LogP contribution < -0.4 is 4.74 Å². The molecule has 14 heavy (non-hydrogen) atoms. The Kier molecular flexibility index (Phi) is 2.99. The summed E-state index contributed by atoms with van der Waals surface area (Å²) in [6, 6.07) is 5.78. The van der Waals surface area contributed by atoms with E-state index in [1.807, 2.05) is 0 Å². The fraction of sp³-hybridized carbons (Fsp3) is 0.125. The quantitative estimate of drug-likeness (QED) is 0.724. The van der Waals surface area contributed by atoms with E-state index in [0.29, 0.717) is 5.75 Å². The van der Waals surface area contributed by atoms with Crippen LogP contribution in [0.15, 0.2) is 23.1 Å². The Labute approximate surface area is 86.1 Å². The molecule has 0 unspecified atom stereocenters. The first kappa shape index (κ1) is 10.8. The summed E-state index contributed by atoms with van der Waals surface area (Å²) in [6.07, 6.45) is 0. The summed E-state index contributed by atoms with van der Waals surface area (Å²) in [5.41, 5.74) is 0.000741. The molecule has 0 aliphatic carbocycles. The van der Waals surface area contributed by atoms with Gasteiger partial charge in [0.15, 0.2) is 0 Å². The van der Waals surface area contributed by atoms with E-state index >= 15 is 0 Å². The standard InChI is InChI=1S/C8H6ClNO3S/c1-13-7-3-2-6(5-10)8(4-7)14(9,11)12/h2-4H,1H3. The second-order valence-electron chi connectivity index (χ2n) is 2.41. The first-order valence-corrected chi connectivity index (χ1v) is 5.83. The van der Waals surface area contributed by atoms with Gasteiger partial charge in [-0.1, -0.05) is 0 Å². The molecule has 1 aromatic rings. The van der Waals surface area contributed by atoms with Gasteiger partial charge >= 0.3 is 0 Å². The smallest absolute Gasteiger partial charge is 0.262 e. The van der Waals surface area contributed by atoms with Crippen molar-refractivity contribution in [2.24, 2.45) is 0 Å². The molecule has 0 aromatic heterocycles. The van der Waals surface area contributed by atoms with Crippen molar-refractivity contribution in [3.8, 4) is 11.8 Å². The third-order valence-corrected chi connectivity index (χ3v) is 2.93. The topological polar surface area (TPSA) is 67.2 Å². The molecule has 0 bridgehead atoms. The SMILES string of the molecule is COc1ccc(C#N)c(S(=O)(=O)Cl)c1. The molecule has 0 aliphatic rings. The lowest BCUT2D eigenvalue weighted by Crippen LogP contribution is -1.96. The van der Waals surface area contributed by atoms with Crippen LogP contribution >= 0.6 is 10.7 Å². The summed E-state index contributed by atoms with van der Waals surface area (Å²) in [5.74, 6) is 0.336. The van der Waals surface area contributed by atoms with Crippen LogP contribution in [0, 0.1) is 11.3 Å². The highest BCUT2D eigenvalue weighted by atomic mass is 35.7. The summed E-state index contributed by atoms with van der Waals surface area (Å²) < 4.78 is 26.9. The fourth-order valence-corrected chi connectivity index (χ4v) is 1.94. The Bertz CT molecular complexity index is 490. The van der Waals surface area contributed by atoms with E-state index in [1.54, 1.807) is 6.07 Å². The molecule has 0 fully saturated rings. The first-order chi connectivity index (χ1) is 6.49. The van der Waals surface area contributed by atoms with Crippen LogP contribution in [0.4, 0.5) is 0 Å². The maximum absolute atomic E-state index is 11.0. The number of nitrogens with zero attached hydrogens (tertiary/aromatic N) is 1. The third kappa shape index (κ3) is 2.16. The molecule has 1 rings (SSSR count). The van der Waals surface area contributed by atoms with Gasteiger partial charge in [0.05, 0.1) is 12.7 Å². The van der Waals surface area contributed by atoms with Crippen LogP contribution in [0.3, 0.4) is 0 Å². The van der Waals surface area contributed by atoms with E-state index in [1.165, 1.54) is 25.3 Å². The Morgan fingerprint density at radius 3 is 2.57 bits per heavy atom. The highest BCUT2D eigenvalue weighted by Gasteiger charge is 2.16. The summed E-state index contributed by atoms with van der Waals surface area (Å²) >= 11 is 0. The average Bonchev–Trinajstić information content (AvgIpc) is 2.15. The van der Waals surface area contributed by atoms with Gasteiger partial charge in [-0.05, 0) is 12.1 Å². The first-order valence-electron chi connectivity index (χ1n) is 3.52. The number of methoxy groups -OCH3 is 1. The van der Waals surface area contributed by atoms with Gasteiger partial charge in [-0.15, -0.1) is 0 Å². The molecule has 0 spiro atoms. The molecule has 0 atom stereocenters. The van der Waals surface area contributed by atoms with Crippen LogP contribution in [0.2, 0.25) is 0 Å². The van der Waals surface area contributed by atoms with Crippen molar-refractivity contribution in [1.82, 2.24) is 0 Å². The van der Waals surface area contributed by atoms with Crippen molar-refractivity contribution in [2.75, 3.05) is 7.11 Å². The van der Waals surface area contributed by atoms with Gasteiger partial charge in [0, 0.05) is 16.7 Å². The van der Waals surface area contributed by atoms with Crippen molar-refractivity contribution in [3.63, 3.8) is 0 Å². The molecule has 1 aromatic carbocycles. The highest BCUT2D eigenvalue weighted by Crippen LogP contribution is 2.24. The number of hydrogen-bond acceptors (Lipinski definition) is 4. The van der Waals surface area contributed by atoms with E-state index < -0.39 is 9.05 Å². The summed E-state index contributed by atoms with van der Waals surface area (Å²) in [6.45, 7) is 0. The summed E-state index contributed by atoms with van der Waals surface area (Å²) in [4.78, 5) is -0.235. The molecule has 0 aliphatic heterocycles. The van der Waals surface area contributed by atoms with Crippen LogP contribution in [0.25, 0.3) is 0 Å². The summed E-state index contributed by atoms with van der Waals surface area (Å²) in [7, 11) is 2.62. The fourth-order valence-electron chi connectivity index (χ4n) is 0.924. The van der Waals surface area contributed by atoms with Gasteiger partial charge in [-0.2, -0.15) is 5.26 Å². The largest absolute Gasteiger partial charge is 0.497 e. The van der Waals surface area contributed by atoms with Crippen molar-refractivity contribution in [3.05, 3.63) is 23.8 Å². The lowest BCUT2D eigenvalue weighted by atomic mass is 10.2. The maximum Gasteiger partial charge on any atom is 0.262 e. The minimum atomic E-state index is -3.91. The van der Waals surface area contributed by atoms with E-state index in [0.717, 1.165) is 0 Å². The van der Waals surface area contributed by atoms with Crippen LogP contribution in [-0.4, -0.2) is 15.5 Å². The van der Waals surface area contributed by atoms with Gasteiger partial charge in [0.25, 0.3) is 9.05 Å². The molecule has 0 radical (unpaired) electrons. The van der Waals surface area contributed by atoms with E-state index in [-0.39, 0.29) is 10.5 Å². The molecule has 0 heterocycles. The zero-order valence-corrected chi connectivity index (χ0v) is 8.76. The van der Waals surface area contributed by atoms with E-state index in [2.05, 4.69) is 0 Å². The Morgan fingerprint density at radius 1 is 1.50 bits per heavy atom. The number of halogens is 1. The number of hydrogen-bond donors (Lipinski definition) is 0. The molecule has 6 heteroatoms. The van der Waals surface area contributed by atoms with Crippen molar-refractivity contribution in [1.29, 1.82) is 5.26 Å². The van der Waals surface area contributed by atoms with Crippen LogP contribution in [0.1, 0.15) is 5.56 Å². The summed E-state index contributed by atoms with van der Waals surface area (Å²) in [5, 5.41) is 8.63. The lowest BCUT2D eigenvalue weighted by Gasteiger charge is -2.02. The molecular weight excluding hydrogens is 226 g/mol. The van der Waals surface area contributed by atoms with Gasteiger partial charge in [0.1, 0.15) is 16.7 Å². The maximum atomic E-state index is 11.0. The van der Waals surface area contributed by atoms with Gasteiger partial charge < -0.3 is 4.74 Å².